The van der Waals surface area contributed by atoms with Gasteiger partial charge in [0.2, 0.25) is 0 Å². The van der Waals surface area contributed by atoms with Crippen molar-refractivity contribution in [1.29, 1.82) is 0 Å². The van der Waals surface area contributed by atoms with Gasteiger partial charge >= 0.3 is 0 Å². The van der Waals surface area contributed by atoms with Gasteiger partial charge in [0.25, 0.3) is 0 Å². The molecule has 0 amide bonds. The van der Waals surface area contributed by atoms with Crippen molar-refractivity contribution in [2.45, 2.75) is 20.3 Å². The maximum Gasteiger partial charge on any atom is 0.173 e. The molecule has 3 aromatic heterocycles. The molecule has 1 aromatic carbocycles. The van der Waals surface area contributed by atoms with Crippen LogP contribution in [0.15, 0.2) is 54.3 Å². The molecule has 0 aliphatic rings. The summed E-state index contributed by atoms with van der Waals surface area (Å²) in [5.74, 6) is 0.0426. The fourth-order valence-electron chi connectivity index (χ4n) is 3.00. The molecule has 0 radical (unpaired) electrons. The number of Topliss-reactive ketones (excluding diaryl/α,β-unsaturated/α-hetero) is 1. The third kappa shape index (κ3) is 2.98. The number of imidazole rings is 1. The number of fused-ring (bicyclic) bond motifs is 1. The van der Waals surface area contributed by atoms with Crippen molar-refractivity contribution in [3.63, 3.8) is 0 Å². The van der Waals surface area contributed by atoms with E-state index < -0.39 is 0 Å². The zero-order chi connectivity index (χ0) is 17.4. The first kappa shape index (κ1) is 15.7. The summed E-state index contributed by atoms with van der Waals surface area (Å²) in [6.45, 7) is 4.02. The van der Waals surface area contributed by atoms with E-state index in [0.717, 1.165) is 21.8 Å². The van der Waals surface area contributed by atoms with E-state index in [0.29, 0.717) is 17.6 Å². The number of hydrogen-bond donors (Lipinski definition) is 0. The molecular formula is C20H17N3OS. The molecule has 0 bridgehead atoms. The average Bonchev–Trinajstić information content (AvgIpc) is 3.23. The molecule has 124 valence electrons. The number of aromatic nitrogens is 3. The Morgan fingerprint density at radius 1 is 1.24 bits per heavy atom. The molecule has 4 nitrogen and oxygen atoms in total. The molecular weight excluding hydrogens is 330 g/mol. The molecule has 0 aliphatic heterocycles. The smallest absolute Gasteiger partial charge is 0.173 e. The van der Waals surface area contributed by atoms with E-state index in [4.69, 9.17) is 0 Å². The van der Waals surface area contributed by atoms with Crippen molar-refractivity contribution >= 4 is 22.8 Å². The van der Waals surface area contributed by atoms with Crippen LogP contribution >= 0.6 is 11.3 Å². The van der Waals surface area contributed by atoms with Crippen molar-refractivity contribution < 1.29 is 4.79 Å². The largest absolute Gasteiger partial charge is 0.306 e. The van der Waals surface area contributed by atoms with E-state index >= 15 is 0 Å². The molecule has 0 fully saturated rings. The molecule has 0 atom stereocenters. The van der Waals surface area contributed by atoms with Crippen LogP contribution in [-0.4, -0.2) is 20.2 Å². The molecule has 4 aromatic rings. The van der Waals surface area contributed by atoms with E-state index in [-0.39, 0.29) is 5.78 Å². The van der Waals surface area contributed by atoms with Gasteiger partial charge in [-0.15, -0.1) is 11.3 Å². The second-order valence-electron chi connectivity index (χ2n) is 6.10. The van der Waals surface area contributed by atoms with E-state index in [9.17, 15) is 4.79 Å². The Kier molecular flexibility index (Phi) is 3.93. The second kappa shape index (κ2) is 6.26. The second-order valence-corrected chi connectivity index (χ2v) is 7.04. The number of nitrogens with zero attached hydrogens (tertiary/aromatic N) is 3. The van der Waals surface area contributed by atoms with Gasteiger partial charge in [0.1, 0.15) is 10.7 Å². The summed E-state index contributed by atoms with van der Waals surface area (Å²) >= 11 is 1.52. The van der Waals surface area contributed by atoms with Gasteiger partial charge < -0.3 is 4.40 Å². The zero-order valence-corrected chi connectivity index (χ0v) is 14.9. The van der Waals surface area contributed by atoms with Crippen molar-refractivity contribution in [3.8, 4) is 11.1 Å². The molecule has 0 N–H and O–H groups in total. The number of thiazole rings is 1. The van der Waals surface area contributed by atoms with E-state index in [1.807, 2.05) is 47.3 Å². The molecule has 3 heterocycles. The van der Waals surface area contributed by atoms with Crippen LogP contribution in [0.1, 0.15) is 26.6 Å². The van der Waals surface area contributed by atoms with E-state index in [1.54, 1.807) is 6.20 Å². The Balaban J connectivity index is 1.81. The van der Waals surface area contributed by atoms with Gasteiger partial charge in [-0.2, -0.15) is 0 Å². The predicted octanol–water partition coefficient (Wildman–Crippen LogP) is 4.50. The van der Waals surface area contributed by atoms with Crippen molar-refractivity contribution in [1.82, 2.24) is 14.4 Å². The summed E-state index contributed by atoms with van der Waals surface area (Å²) in [7, 11) is 0. The Labute approximate surface area is 149 Å². The predicted molar refractivity (Wildman–Crippen MR) is 100 cm³/mol. The topological polar surface area (TPSA) is 47.3 Å². The fraction of sp³-hybridized carbons (Fsp3) is 0.150. The van der Waals surface area contributed by atoms with Crippen LogP contribution in [0, 0.1) is 13.8 Å². The lowest BCUT2D eigenvalue weighted by Gasteiger charge is -2.10. The van der Waals surface area contributed by atoms with Gasteiger partial charge in [0.05, 0.1) is 12.0 Å². The number of pyridine rings is 1. The van der Waals surface area contributed by atoms with Crippen molar-refractivity contribution in [2.24, 2.45) is 0 Å². The molecule has 25 heavy (non-hydrogen) atoms. The molecule has 4 rings (SSSR count). The third-order valence-electron chi connectivity index (χ3n) is 4.22. The van der Waals surface area contributed by atoms with Crippen LogP contribution in [0.2, 0.25) is 0 Å². The molecule has 0 saturated carbocycles. The number of ketones is 1. The van der Waals surface area contributed by atoms with Crippen LogP contribution in [-0.2, 0) is 6.42 Å². The minimum Gasteiger partial charge on any atom is -0.306 e. The monoisotopic (exact) mass is 347 g/mol. The molecule has 5 heteroatoms. The van der Waals surface area contributed by atoms with Crippen LogP contribution in [0.4, 0.5) is 0 Å². The van der Waals surface area contributed by atoms with Crippen LogP contribution in [0.3, 0.4) is 0 Å². The number of aryl methyl sites for hydroxylation is 2. The van der Waals surface area contributed by atoms with Crippen molar-refractivity contribution in [2.75, 3.05) is 0 Å². The normalized spacial score (nSPS) is 11.1. The highest BCUT2D eigenvalue weighted by Crippen LogP contribution is 2.26. The average molecular weight is 347 g/mol. The van der Waals surface area contributed by atoms with Gasteiger partial charge in [-0.05, 0) is 36.6 Å². The first-order valence-electron chi connectivity index (χ1n) is 8.09. The first-order valence-corrected chi connectivity index (χ1v) is 8.97. The molecule has 0 spiro atoms. The third-order valence-corrected chi connectivity index (χ3v) is 5.19. The summed E-state index contributed by atoms with van der Waals surface area (Å²) in [5.41, 5.74) is 5.59. The van der Waals surface area contributed by atoms with Gasteiger partial charge in [0, 0.05) is 29.7 Å². The summed E-state index contributed by atoms with van der Waals surface area (Å²) in [6.07, 6.45) is 5.93. The van der Waals surface area contributed by atoms with Crippen LogP contribution in [0.5, 0.6) is 0 Å². The fourth-order valence-corrected chi connectivity index (χ4v) is 3.77. The standard InChI is InChI=1S/C20H17N3OS/c1-13-5-3-4-6-16(13)15-9-17(20-21-7-8-23(20)11-15)18(24)10-19-22-14(2)12-25-19/h3-9,11-12H,10H2,1-2H3. The van der Waals surface area contributed by atoms with E-state index in [2.05, 4.69) is 29.0 Å². The minimum atomic E-state index is 0.0426. The summed E-state index contributed by atoms with van der Waals surface area (Å²) < 4.78 is 1.92. The lowest BCUT2D eigenvalue weighted by Crippen LogP contribution is -2.07. The highest BCUT2D eigenvalue weighted by Gasteiger charge is 2.16. The Hall–Kier alpha value is -2.79. The van der Waals surface area contributed by atoms with Crippen LogP contribution < -0.4 is 0 Å². The maximum atomic E-state index is 12.9. The molecule has 0 aliphatic carbocycles. The summed E-state index contributed by atoms with van der Waals surface area (Å²) in [4.78, 5) is 21.7. The Morgan fingerprint density at radius 3 is 2.84 bits per heavy atom. The van der Waals surface area contributed by atoms with Gasteiger partial charge in [-0.1, -0.05) is 24.3 Å². The quantitative estimate of drug-likeness (QED) is 0.511. The Morgan fingerprint density at radius 2 is 2.08 bits per heavy atom. The SMILES string of the molecule is Cc1csc(CC(=O)c2cc(-c3ccccc3C)cn3ccnc23)n1. The summed E-state index contributed by atoms with van der Waals surface area (Å²) in [5, 5.41) is 2.81. The highest BCUT2D eigenvalue weighted by molar-refractivity contribution is 7.09. The number of rotatable bonds is 4. The lowest BCUT2D eigenvalue weighted by atomic mass is 9.99. The highest BCUT2D eigenvalue weighted by atomic mass is 32.1. The summed E-state index contributed by atoms with van der Waals surface area (Å²) in [6, 6.07) is 10.1. The number of benzene rings is 1. The van der Waals surface area contributed by atoms with Gasteiger partial charge in [-0.3, -0.25) is 4.79 Å². The van der Waals surface area contributed by atoms with E-state index in [1.165, 1.54) is 16.9 Å². The van der Waals surface area contributed by atoms with Gasteiger partial charge in [-0.25, -0.2) is 9.97 Å². The number of carbonyl (C=O) groups is 1. The number of hydrogen-bond acceptors (Lipinski definition) is 4. The van der Waals surface area contributed by atoms with Gasteiger partial charge in [0.15, 0.2) is 5.78 Å². The zero-order valence-electron chi connectivity index (χ0n) is 14.1. The first-order chi connectivity index (χ1) is 12.1. The molecule has 0 saturated heterocycles. The van der Waals surface area contributed by atoms with Crippen molar-refractivity contribution in [3.05, 3.63) is 76.1 Å². The molecule has 0 unspecified atom stereocenters. The Bertz CT molecular complexity index is 1080. The van der Waals surface area contributed by atoms with Crippen LogP contribution in [0.25, 0.3) is 16.8 Å². The minimum absolute atomic E-state index is 0.0426. The number of carbonyl (C=O) groups excluding carboxylic acids is 1. The maximum absolute atomic E-state index is 12.9. The lowest BCUT2D eigenvalue weighted by molar-refractivity contribution is 0.0994.